The summed E-state index contributed by atoms with van der Waals surface area (Å²) in [5, 5.41) is 0. The molecule has 0 amide bonds. The predicted octanol–water partition coefficient (Wildman–Crippen LogP) is 3.34. The van der Waals surface area contributed by atoms with Crippen molar-refractivity contribution in [3.05, 3.63) is 29.8 Å². The zero-order valence-corrected chi connectivity index (χ0v) is 11.4. The summed E-state index contributed by atoms with van der Waals surface area (Å²) in [5.41, 5.74) is 7.04. The SMILES string of the molecule is CC(CC[C@H](C)N)Cc1ccc(OCCF)cc1. The van der Waals surface area contributed by atoms with Crippen LogP contribution in [0.4, 0.5) is 4.39 Å². The van der Waals surface area contributed by atoms with Gasteiger partial charge in [0.2, 0.25) is 0 Å². The molecule has 0 saturated heterocycles. The van der Waals surface area contributed by atoms with E-state index in [4.69, 9.17) is 10.5 Å². The van der Waals surface area contributed by atoms with Crippen molar-refractivity contribution in [2.24, 2.45) is 11.7 Å². The fraction of sp³-hybridized carbons (Fsp3) is 0.600. The summed E-state index contributed by atoms with van der Waals surface area (Å²) in [4.78, 5) is 0. The zero-order valence-electron chi connectivity index (χ0n) is 11.4. The fourth-order valence-corrected chi connectivity index (χ4v) is 1.93. The van der Waals surface area contributed by atoms with Crippen molar-refractivity contribution in [1.29, 1.82) is 0 Å². The lowest BCUT2D eigenvalue weighted by atomic mass is 9.95. The summed E-state index contributed by atoms with van der Waals surface area (Å²) in [6.07, 6.45) is 3.27. The molecule has 1 aromatic carbocycles. The predicted molar refractivity (Wildman–Crippen MR) is 73.7 cm³/mol. The van der Waals surface area contributed by atoms with E-state index in [2.05, 4.69) is 19.1 Å². The van der Waals surface area contributed by atoms with Crippen LogP contribution in [0.3, 0.4) is 0 Å². The Morgan fingerprint density at radius 3 is 2.39 bits per heavy atom. The molecule has 0 aliphatic rings. The van der Waals surface area contributed by atoms with E-state index in [0.717, 1.165) is 25.0 Å². The Kier molecular flexibility index (Phi) is 6.73. The standard InChI is InChI=1S/C15H24FNO/c1-12(3-4-13(2)17)11-14-5-7-15(8-6-14)18-10-9-16/h5-8,12-13H,3-4,9-11,17H2,1-2H3/t12?,13-/m0/s1. The van der Waals surface area contributed by atoms with Crippen LogP contribution < -0.4 is 10.5 Å². The van der Waals surface area contributed by atoms with Crippen molar-refractivity contribution in [2.45, 2.75) is 39.2 Å². The summed E-state index contributed by atoms with van der Waals surface area (Å²) < 4.78 is 17.1. The van der Waals surface area contributed by atoms with Crippen LogP contribution in [0.15, 0.2) is 24.3 Å². The molecule has 0 spiro atoms. The van der Waals surface area contributed by atoms with Crippen molar-refractivity contribution in [1.82, 2.24) is 0 Å². The van der Waals surface area contributed by atoms with Crippen LogP contribution in [0, 0.1) is 5.92 Å². The number of benzene rings is 1. The number of nitrogens with two attached hydrogens (primary N) is 1. The third-order valence-electron chi connectivity index (χ3n) is 2.97. The summed E-state index contributed by atoms with van der Waals surface area (Å²) in [6.45, 7) is 3.97. The minimum absolute atomic E-state index is 0.129. The number of hydrogen-bond acceptors (Lipinski definition) is 2. The second-order valence-corrected chi connectivity index (χ2v) is 5.05. The Labute approximate surface area is 109 Å². The molecule has 0 fully saturated rings. The molecule has 1 rings (SSSR count). The van der Waals surface area contributed by atoms with Gasteiger partial charge in [-0.15, -0.1) is 0 Å². The van der Waals surface area contributed by atoms with Crippen LogP contribution in [0.5, 0.6) is 5.75 Å². The van der Waals surface area contributed by atoms with E-state index in [-0.39, 0.29) is 12.6 Å². The largest absolute Gasteiger partial charge is 0.491 e. The molecule has 2 nitrogen and oxygen atoms in total. The van der Waals surface area contributed by atoms with E-state index >= 15 is 0 Å². The van der Waals surface area contributed by atoms with Gasteiger partial charge in [-0.2, -0.15) is 0 Å². The fourth-order valence-electron chi connectivity index (χ4n) is 1.93. The van der Waals surface area contributed by atoms with E-state index in [1.54, 1.807) is 0 Å². The van der Waals surface area contributed by atoms with Crippen molar-refractivity contribution < 1.29 is 9.13 Å². The first-order valence-corrected chi connectivity index (χ1v) is 6.65. The van der Waals surface area contributed by atoms with Gasteiger partial charge < -0.3 is 10.5 Å². The minimum Gasteiger partial charge on any atom is -0.491 e. The van der Waals surface area contributed by atoms with E-state index < -0.39 is 6.67 Å². The molecule has 3 heteroatoms. The lowest BCUT2D eigenvalue weighted by molar-refractivity contribution is 0.273. The molecule has 0 bridgehead atoms. The van der Waals surface area contributed by atoms with E-state index in [0.29, 0.717) is 5.92 Å². The maximum absolute atomic E-state index is 11.9. The third-order valence-corrected chi connectivity index (χ3v) is 2.97. The normalized spacial score (nSPS) is 14.2. The van der Waals surface area contributed by atoms with Gasteiger partial charge in [0.15, 0.2) is 0 Å². The maximum Gasteiger partial charge on any atom is 0.123 e. The van der Waals surface area contributed by atoms with Gasteiger partial charge in [-0.25, -0.2) is 4.39 Å². The van der Waals surface area contributed by atoms with Crippen LogP contribution in [-0.4, -0.2) is 19.3 Å². The number of rotatable bonds is 8. The van der Waals surface area contributed by atoms with Crippen molar-refractivity contribution in [3.8, 4) is 5.75 Å². The highest BCUT2D eigenvalue weighted by atomic mass is 19.1. The van der Waals surface area contributed by atoms with E-state index in [9.17, 15) is 4.39 Å². The zero-order chi connectivity index (χ0) is 13.4. The van der Waals surface area contributed by atoms with Gasteiger partial charge in [0.05, 0.1) is 0 Å². The van der Waals surface area contributed by atoms with Crippen LogP contribution in [0.2, 0.25) is 0 Å². The third kappa shape index (κ3) is 6.01. The maximum atomic E-state index is 11.9. The first-order chi connectivity index (χ1) is 8.61. The molecule has 1 aromatic rings. The number of alkyl halides is 1. The second kappa shape index (κ2) is 8.09. The molecular formula is C15H24FNO. The van der Waals surface area contributed by atoms with E-state index in [1.165, 1.54) is 5.56 Å². The molecule has 0 radical (unpaired) electrons. The van der Waals surface area contributed by atoms with Gasteiger partial charge in [0.1, 0.15) is 19.0 Å². The summed E-state index contributed by atoms with van der Waals surface area (Å²) >= 11 is 0. The number of ether oxygens (including phenoxy) is 1. The Balaban J connectivity index is 2.38. The first-order valence-electron chi connectivity index (χ1n) is 6.65. The van der Waals surface area contributed by atoms with Crippen LogP contribution in [0.25, 0.3) is 0 Å². The molecule has 0 aromatic heterocycles. The molecule has 102 valence electrons. The van der Waals surface area contributed by atoms with Crippen LogP contribution in [-0.2, 0) is 6.42 Å². The second-order valence-electron chi connectivity index (χ2n) is 5.05. The van der Waals surface area contributed by atoms with Gasteiger partial charge in [-0.3, -0.25) is 0 Å². The summed E-state index contributed by atoms with van der Waals surface area (Å²) in [6, 6.07) is 8.20. The molecule has 18 heavy (non-hydrogen) atoms. The number of halogens is 1. The monoisotopic (exact) mass is 253 g/mol. The quantitative estimate of drug-likeness (QED) is 0.771. The molecule has 1 unspecified atom stereocenters. The lowest BCUT2D eigenvalue weighted by Crippen LogP contribution is -2.16. The highest BCUT2D eigenvalue weighted by Crippen LogP contribution is 2.17. The molecule has 0 heterocycles. The van der Waals surface area contributed by atoms with Gasteiger partial charge in [-0.05, 0) is 49.8 Å². The average molecular weight is 253 g/mol. The molecular weight excluding hydrogens is 229 g/mol. The van der Waals surface area contributed by atoms with Gasteiger partial charge in [0, 0.05) is 6.04 Å². The topological polar surface area (TPSA) is 35.2 Å². The Bertz CT molecular complexity index is 324. The molecule has 0 saturated carbocycles. The Morgan fingerprint density at radius 1 is 1.17 bits per heavy atom. The van der Waals surface area contributed by atoms with Gasteiger partial charge in [0.25, 0.3) is 0 Å². The van der Waals surface area contributed by atoms with Crippen molar-refractivity contribution in [2.75, 3.05) is 13.3 Å². The van der Waals surface area contributed by atoms with Crippen molar-refractivity contribution in [3.63, 3.8) is 0 Å². The lowest BCUT2D eigenvalue weighted by Gasteiger charge is -2.13. The number of hydrogen-bond donors (Lipinski definition) is 1. The highest BCUT2D eigenvalue weighted by molar-refractivity contribution is 5.27. The summed E-state index contributed by atoms with van der Waals surface area (Å²) in [5.74, 6) is 1.37. The Hall–Kier alpha value is -1.09. The van der Waals surface area contributed by atoms with Crippen LogP contribution >= 0.6 is 0 Å². The van der Waals surface area contributed by atoms with Gasteiger partial charge >= 0.3 is 0 Å². The van der Waals surface area contributed by atoms with Crippen LogP contribution in [0.1, 0.15) is 32.3 Å². The smallest absolute Gasteiger partial charge is 0.123 e. The van der Waals surface area contributed by atoms with E-state index in [1.807, 2.05) is 19.1 Å². The molecule has 0 aliphatic heterocycles. The molecule has 0 aliphatic carbocycles. The minimum atomic E-state index is -0.448. The summed E-state index contributed by atoms with van der Waals surface area (Å²) in [7, 11) is 0. The average Bonchev–Trinajstić information content (AvgIpc) is 2.35. The highest BCUT2D eigenvalue weighted by Gasteiger charge is 2.05. The molecule has 2 atom stereocenters. The van der Waals surface area contributed by atoms with Gasteiger partial charge in [-0.1, -0.05) is 19.1 Å². The molecule has 2 N–H and O–H groups in total. The van der Waals surface area contributed by atoms with Crippen molar-refractivity contribution >= 4 is 0 Å². The Morgan fingerprint density at radius 2 is 1.83 bits per heavy atom. The first kappa shape index (κ1) is 15.0.